The Morgan fingerprint density at radius 3 is 2.68 bits per heavy atom. The van der Waals surface area contributed by atoms with Crippen LogP contribution >= 0.6 is 0 Å². The number of anilines is 1. The molecule has 4 nitrogen and oxygen atoms in total. The molecule has 1 unspecified atom stereocenters. The van der Waals surface area contributed by atoms with Crippen LogP contribution in [0.3, 0.4) is 0 Å². The summed E-state index contributed by atoms with van der Waals surface area (Å²) in [7, 11) is 0. The number of hydrogen-bond donors (Lipinski definition) is 2. The van der Waals surface area contributed by atoms with Crippen LogP contribution in [0.5, 0.6) is 0 Å². The average molecular weight is 261 g/mol. The highest BCUT2D eigenvalue weighted by atomic mass is 16.2. The van der Waals surface area contributed by atoms with E-state index in [-0.39, 0.29) is 11.9 Å². The van der Waals surface area contributed by atoms with Gasteiger partial charge in [-0.3, -0.25) is 4.79 Å². The van der Waals surface area contributed by atoms with E-state index in [9.17, 15) is 4.79 Å². The van der Waals surface area contributed by atoms with Gasteiger partial charge in [-0.2, -0.15) is 0 Å². The molecule has 2 rings (SSSR count). The third-order valence-corrected chi connectivity index (χ3v) is 3.73. The minimum absolute atomic E-state index is 0.0452. The second-order valence-electron chi connectivity index (χ2n) is 4.96. The molecule has 0 spiro atoms. The molecule has 0 bridgehead atoms. The molecular weight excluding hydrogens is 238 g/mol. The molecule has 1 fully saturated rings. The van der Waals surface area contributed by atoms with Gasteiger partial charge in [0.2, 0.25) is 5.91 Å². The Hall–Kier alpha value is -1.55. The Kier molecular flexibility index (Phi) is 4.80. The van der Waals surface area contributed by atoms with Crippen LogP contribution in [0.1, 0.15) is 31.7 Å². The van der Waals surface area contributed by atoms with Gasteiger partial charge in [0.1, 0.15) is 6.04 Å². The molecule has 0 radical (unpaired) electrons. The number of amides is 1. The van der Waals surface area contributed by atoms with Crippen molar-refractivity contribution in [2.24, 2.45) is 5.73 Å². The maximum Gasteiger partial charge on any atom is 0.242 e. The third kappa shape index (κ3) is 3.26. The van der Waals surface area contributed by atoms with Crippen LogP contribution in [-0.4, -0.2) is 25.0 Å². The van der Waals surface area contributed by atoms with Gasteiger partial charge >= 0.3 is 0 Å². The topological polar surface area (TPSA) is 58.4 Å². The fraction of sp³-hybridized carbons (Fsp3) is 0.533. The molecule has 4 heteroatoms. The Morgan fingerprint density at radius 2 is 2.05 bits per heavy atom. The molecule has 0 aliphatic carbocycles. The van der Waals surface area contributed by atoms with Crippen LogP contribution in [0, 0.1) is 0 Å². The highest BCUT2D eigenvalue weighted by Crippen LogP contribution is 2.21. The molecule has 1 aliphatic heterocycles. The zero-order valence-corrected chi connectivity index (χ0v) is 11.6. The first kappa shape index (κ1) is 13.9. The van der Waals surface area contributed by atoms with E-state index in [0.717, 1.165) is 43.6 Å². The zero-order chi connectivity index (χ0) is 13.7. The standard InChI is InChI=1S/C15H23N3O/c1-2-18(13-8-6-12(11-16)7-9-13)14-5-3-4-10-17-15(14)19/h6-9,14H,2-5,10-11,16H2,1H3,(H,17,19). The SMILES string of the molecule is CCN(c1ccc(CN)cc1)C1CCCCNC1=O. The minimum Gasteiger partial charge on any atom is -0.360 e. The number of carbonyl (C=O) groups excluding carboxylic acids is 1. The number of rotatable bonds is 4. The van der Waals surface area contributed by atoms with Gasteiger partial charge in [0.25, 0.3) is 0 Å². The Bertz CT molecular complexity index is 416. The monoisotopic (exact) mass is 261 g/mol. The fourth-order valence-electron chi connectivity index (χ4n) is 2.63. The molecule has 0 saturated carbocycles. The smallest absolute Gasteiger partial charge is 0.242 e. The molecule has 104 valence electrons. The number of carbonyl (C=O) groups is 1. The normalized spacial score (nSPS) is 19.7. The van der Waals surface area contributed by atoms with E-state index in [1.807, 2.05) is 12.1 Å². The number of hydrogen-bond acceptors (Lipinski definition) is 3. The first-order valence-electron chi connectivity index (χ1n) is 7.09. The Morgan fingerprint density at radius 1 is 1.32 bits per heavy atom. The summed E-state index contributed by atoms with van der Waals surface area (Å²) in [5.41, 5.74) is 7.83. The van der Waals surface area contributed by atoms with Crippen molar-refractivity contribution in [3.63, 3.8) is 0 Å². The van der Waals surface area contributed by atoms with Crippen molar-refractivity contribution in [1.82, 2.24) is 5.32 Å². The lowest BCUT2D eigenvalue weighted by Crippen LogP contribution is -2.46. The quantitative estimate of drug-likeness (QED) is 0.866. The van der Waals surface area contributed by atoms with E-state index in [1.165, 1.54) is 0 Å². The van der Waals surface area contributed by atoms with Gasteiger partial charge in [-0.1, -0.05) is 12.1 Å². The van der Waals surface area contributed by atoms with Crippen LogP contribution in [0.2, 0.25) is 0 Å². The molecular formula is C15H23N3O. The zero-order valence-electron chi connectivity index (χ0n) is 11.6. The second kappa shape index (κ2) is 6.57. The van der Waals surface area contributed by atoms with Crippen molar-refractivity contribution < 1.29 is 4.79 Å². The van der Waals surface area contributed by atoms with Gasteiger partial charge in [-0.25, -0.2) is 0 Å². The van der Waals surface area contributed by atoms with Crippen LogP contribution < -0.4 is 16.0 Å². The first-order chi connectivity index (χ1) is 9.26. The molecule has 19 heavy (non-hydrogen) atoms. The molecule has 1 amide bonds. The number of benzene rings is 1. The maximum atomic E-state index is 12.1. The van der Waals surface area contributed by atoms with Crippen molar-refractivity contribution in [2.75, 3.05) is 18.0 Å². The number of nitrogens with zero attached hydrogens (tertiary/aromatic N) is 1. The molecule has 1 aromatic carbocycles. The second-order valence-corrected chi connectivity index (χ2v) is 4.96. The van der Waals surface area contributed by atoms with E-state index in [1.54, 1.807) is 0 Å². The molecule has 1 aliphatic rings. The molecule has 1 atom stereocenters. The maximum absolute atomic E-state index is 12.1. The number of likely N-dealkylation sites (N-methyl/N-ethyl adjacent to an activating group) is 1. The van der Waals surface area contributed by atoms with Crippen molar-refractivity contribution in [1.29, 1.82) is 0 Å². The van der Waals surface area contributed by atoms with Crippen LogP contribution in [0.4, 0.5) is 5.69 Å². The summed E-state index contributed by atoms with van der Waals surface area (Å²) in [5.74, 6) is 0.155. The van der Waals surface area contributed by atoms with Crippen LogP contribution in [0.15, 0.2) is 24.3 Å². The summed E-state index contributed by atoms with van der Waals surface area (Å²) in [6, 6.07) is 8.14. The van der Waals surface area contributed by atoms with Gasteiger partial charge in [0, 0.05) is 25.3 Å². The Labute approximate surface area is 115 Å². The predicted molar refractivity (Wildman–Crippen MR) is 78.0 cm³/mol. The largest absolute Gasteiger partial charge is 0.360 e. The summed E-state index contributed by atoms with van der Waals surface area (Å²) < 4.78 is 0. The van der Waals surface area contributed by atoms with E-state index in [2.05, 4.69) is 29.3 Å². The Balaban J connectivity index is 2.19. The third-order valence-electron chi connectivity index (χ3n) is 3.73. The summed E-state index contributed by atoms with van der Waals surface area (Å²) in [4.78, 5) is 14.3. The van der Waals surface area contributed by atoms with Gasteiger partial charge in [-0.05, 0) is 43.9 Å². The highest BCUT2D eigenvalue weighted by Gasteiger charge is 2.26. The number of nitrogens with one attached hydrogen (secondary N) is 1. The molecule has 1 saturated heterocycles. The van der Waals surface area contributed by atoms with Crippen molar-refractivity contribution in [3.8, 4) is 0 Å². The fourth-order valence-corrected chi connectivity index (χ4v) is 2.63. The molecule has 1 aromatic rings. The van der Waals surface area contributed by atoms with E-state index in [4.69, 9.17) is 5.73 Å². The lowest BCUT2D eigenvalue weighted by atomic mass is 10.1. The van der Waals surface area contributed by atoms with E-state index >= 15 is 0 Å². The van der Waals surface area contributed by atoms with Gasteiger partial charge in [-0.15, -0.1) is 0 Å². The molecule has 3 N–H and O–H groups in total. The summed E-state index contributed by atoms with van der Waals surface area (Å²) >= 11 is 0. The van der Waals surface area contributed by atoms with Crippen molar-refractivity contribution in [3.05, 3.63) is 29.8 Å². The number of nitrogens with two attached hydrogens (primary N) is 1. The predicted octanol–water partition coefficient (Wildman–Crippen LogP) is 1.64. The van der Waals surface area contributed by atoms with Gasteiger partial charge in [0.05, 0.1) is 0 Å². The van der Waals surface area contributed by atoms with Crippen molar-refractivity contribution >= 4 is 11.6 Å². The lowest BCUT2D eigenvalue weighted by molar-refractivity contribution is -0.122. The van der Waals surface area contributed by atoms with E-state index < -0.39 is 0 Å². The highest BCUT2D eigenvalue weighted by molar-refractivity contribution is 5.85. The van der Waals surface area contributed by atoms with Crippen molar-refractivity contribution in [2.45, 2.75) is 38.8 Å². The molecule has 1 heterocycles. The van der Waals surface area contributed by atoms with Gasteiger partial charge < -0.3 is 16.0 Å². The lowest BCUT2D eigenvalue weighted by Gasteiger charge is -2.31. The van der Waals surface area contributed by atoms with Crippen LogP contribution in [-0.2, 0) is 11.3 Å². The molecule has 0 aromatic heterocycles. The summed E-state index contributed by atoms with van der Waals surface area (Å²) in [5, 5.41) is 3.00. The summed E-state index contributed by atoms with van der Waals surface area (Å²) in [6.45, 7) is 4.28. The van der Waals surface area contributed by atoms with E-state index in [0.29, 0.717) is 6.54 Å². The van der Waals surface area contributed by atoms with Crippen LogP contribution in [0.25, 0.3) is 0 Å². The minimum atomic E-state index is -0.0452. The average Bonchev–Trinajstić information content (AvgIpc) is 2.66. The summed E-state index contributed by atoms with van der Waals surface area (Å²) in [6.07, 6.45) is 3.10. The van der Waals surface area contributed by atoms with Gasteiger partial charge in [0.15, 0.2) is 0 Å². The first-order valence-corrected chi connectivity index (χ1v) is 7.09.